The number of hydrogen-bond donors (Lipinski definition) is 0. The van der Waals surface area contributed by atoms with Gasteiger partial charge in [0.25, 0.3) is 5.91 Å². The van der Waals surface area contributed by atoms with Crippen LogP contribution in [0.2, 0.25) is 5.15 Å². The first-order chi connectivity index (χ1) is 7.97. The number of likely N-dealkylation sites (tertiary alicyclic amines) is 1. The zero-order valence-electron chi connectivity index (χ0n) is 9.74. The third-order valence-electron chi connectivity index (χ3n) is 2.73. The number of hydrogen-bond acceptors (Lipinski definition) is 3. The van der Waals surface area contributed by atoms with E-state index in [1.54, 1.807) is 13.0 Å². The van der Waals surface area contributed by atoms with Gasteiger partial charge in [-0.15, -0.1) is 0 Å². The van der Waals surface area contributed by atoms with Gasteiger partial charge >= 0.3 is 0 Å². The van der Waals surface area contributed by atoms with Gasteiger partial charge in [-0.2, -0.15) is 0 Å². The number of aromatic nitrogens is 1. The number of carbonyl (C=O) groups excluding carboxylic acids is 2. The fraction of sp³-hybridized carbons (Fsp3) is 0.417. The summed E-state index contributed by atoms with van der Waals surface area (Å²) in [5.74, 6) is -0.176. The molecule has 0 spiro atoms. The van der Waals surface area contributed by atoms with E-state index in [0.717, 1.165) is 0 Å². The summed E-state index contributed by atoms with van der Waals surface area (Å²) < 4.78 is 0. The van der Waals surface area contributed by atoms with Crippen LogP contribution in [0.15, 0.2) is 12.1 Å². The second kappa shape index (κ2) is 4.45. The molecule has 1 saturated heterocycles. The maximum absolute atomic E-state index is 12.1. The van der Waals surface area contributed by atoms with E-state index < -0.39 is 0 Å². The molecule has 0 bridgehead atoms. The molecule has 0 saturated carbocycles. The van der Waals surface area contributed by atoms with Gasteiger partial charge in [-0.25, -0.2) is 4.98 Å². The largest absolute Gasteiger partial charge is 0.278 e. The van der Waals surface area contributed by atoms with Crippen molar-refractivity contribution < 1.29 is 9.59 Å². The van der Waals surface area contributed by atoms with Crippen LogP contribution < -0.4 is 0 Å². The zero-order chi connectivity index (χ0) is 12.6. The lowest BCUT2D eigenvalue weighted by atomic mass is 10.2. The highest BCUT2D eigenvalue weighted by molar-refractivity contribution is 6.29. The van der Waals surface area contributed by atoms with E-state index >= 15 is 0 Å². The van der Waals surface area contributed by atoms with E-state index in [4.69, 9.17) is 11.6 Å². The molecule has 2 heterocycles. The normalized spacial score (nSPS) is 19.8. The van der Waals surface area contributed by atoms with Crippen molar-refractivity contribution in [1.82, 2.24) is 9.88 Å². The summed E-state index contributed by atoms with van der Waals surface area (Å²) in [6, 6.07) is 3.14. The maximum Gasteiger partial charge on any atom is 0.260 e. The van der Waals surface area contributed by atoms with Gasteiger partial charge in [0, 0.05) is 24.2 Å². The Kier molecular flexibility index (Phi) is 3.15. The first-order valence-electron chi connectivity index (χ1n) is 5.46. The summed E-state index contributed by atoms with van der Waals surface area (Å²) in [7, 11) is 0. The van der Waals surface area contributed by atoms with Gasteiger partial charge in [0.2, 0.25) is 5.91 Å². The summed E-state index contributed by atoms with van der Waals surface area (Å²) in [6.07, 6.45) is 0.434. The van der Waals surface area contributed by atoms with Crippen molar-refractivity contribution in [2.24, 2.45) is 5.92 Å². The van der Waals surface area contributed by atoms with Gasteiger partial charge in [-0.1, -0.05) is 18.5 Å². The number of pyridine rings is 1. The second-order valence-corrected chi connectivity index (χ2v) is 4.83. The zero-order valence-corrected chi connectivity index (χ0v) is 10.5. The van der Waals surface area contributed by atoms with E-state index in [-0.39, 0.29) is 22.9 Å². The number of rotatable bonds is 1. The molecule has 1 aliphatic heterocycles. The number of nitrogens with zero attached hydrogens (tertiary/aromatic N) is 2. The molecule has 1 unspecified atom stereocenters. The predicted molar refractivity (Wildman–Crippen MR) is 63.8 cm³/mol. The first kappa shape index (κ1) is 12.0. The quantitative estimate of drug-likeness (QED) is 0.568. The van der Waals surface area contributed by atoms with Gasteiger partial charge in [-0.3, -0.25) is 14.5 Å². The Labute approximate surface area is 105 Å². The van der Waals surface area contributed by atoms with E-state index in [1.807, 2.05) is 6.92 Å². The lowest BCUT2D eigenvalue weighted by Gasteiger charge is -2.14. The van der Waals surface area contributed by atoms with Crippen molar-refractivity contribution in [2.75, 3.05) is 6.54 Å². The summed E-state index contributed by atoms with van der Waals surface area (Å²) in [5, 5.41) is 0.271. The molecule has 17 heavy (non-hydrogen) atoms. The molecule has 0 N–H and O–H groups in total. The van der Waals surface area contributed by atoms with Crippen LogP contribution in [0.1, 0.15) is 29.4 Å². The van der Waals surface area contributed by atoms with Gasteiger partial charge in [0.15, 0.2) is 0 Å². The number of carbonyl (C=O) groups is 2. The van der Waals surface area contributed by atoms with E-state index in [1.165, 1.54) is 11.0 Å². The Bertz CT molecular complexity index is 467. The van der Waals surface area contributed by atoms with Crippen LogP contribution in [0, 0.1) is 12.8 Å². The predicted octanol–water partition coefficient (Wildman–Crippen LogP) is 2.05. The van der Waals surface area contributed by atoms with Crippen molar-refractivity contribution >= 4 is 23.4 Å². The molecule has 5 heteroatoms. The molecule has 1 aromatic heterocycles. The highest BCUT2D eigenvalue weighted by Gasteiger charge is 2.32. The summed E-state index contributed by atoms with van der Waals surface area (Å²) in [6.45, 7) is 4.20. The fourth-order valence-corrected chi connectivity index (χ4v) is 2.24. The van der Waals surface area contributed by atoms with Crippen molar-refractivity contribution in [1.29, 1.82) is 0 Å². The van der Waals surface area contributed by atoms with Crippen LogP contribution in [-0.4, -0.2) is 28.2 Å². The van der Waals surface area contributed by atoms with E-state index in [0.29, 0.717) is 24.2 Å². The monoisotopic (exact) mass is 252 g/mol. The van der Waals surface area contributed by atoms with Gasteiger partial charge < -0.3 is 0 Å². The van der Waals surface area contributed by atoms with Crippen molar-refractivity contribution in [3.63, 3.8) is 0 Å². The average Bonchev–Trinajstić information content (AvgIpc) is 2.55. The minimum Gasteiger partial charge on any atom is -0.278 e. The van der Waals surface area contributed by atoms with Gasteiger partial charge in [0.1, 0.15) is 5.15 Å². The second-order valence-electron chi connectivity index (χ2n) is 4.44. The molecule has 1 fully saturated rings. The standard InChI is InChI=1S/C12H13ClN2O2/c1-7-3-11(16)15(6-7)12(17)9-4-8(2)14-10(13)5-9/h4-5,7H,3,6H2,1-2H3. The minimum absolute atomic E-state index is 0.118. The summed E-state index contributed by atoms with van der Waals surface area (Å²) >= 11 is 5.80. The molecule has 90 valence electrons. The Morgan fingerprint density at radius 1 is 1.53 bits per heavy atom. The molecule has 1 aromatic rings. The third-order valence-corrected chi connectivity index (χ3v) is 2.93. The lowest BCUT2D eigenvalue weighted by Crippen LogP contribution is -2.32. The number of aryl methyl sites for hydroxylation is 1. The molecule has 0 aliphatic carbocycles. The SMILES string of the molecule is Cc1cc(C(=O)N2CC(C)CC2=O)cc(Cl)n1. The summed E-state index contributed by atoms with van der Waals surface area (Å²) in [4.78, 5) is 29.0. The molecule has 2 rings (SSSR count). The molecular weight excluding hydrogens is 240 g/mol. The molecule has 2 amide bonds. The summed E-state index contributed by atoms with van der Waals surface area (Å²) in [5.41, 5.74) is 1.09. The van der Waals surface area contributed by atoms with Crippen LogP contribution in [-0.2, 0) is 4.79 Å². The van der Waals surface area contributed by atoms with Crippen LogP contribution in [0.4, 0.5) is 0 Å². The van der Waals surface area contributed by atoms with Crippen molar-refractivity contribution in [2.45, 2.75) is 20.3 Å². The molecule has 1 aliphatic rings. The highest BCUT2D eigenvalue weighted by atomic mass is 35.5. The van der Waals surface area contributed by atoms with Gasteiger partial charge in [-0.05, 0) is 25.0 Å². The molecule has 0 aromatic carbocycles. The average molecular weight is 253 g/mol. The maximum atomic E-state index is 12.1. The van der Waals surface area contributed by atoms with Crippen LogP contribution >= 0.6 is 11.6 Å². The Morgan fingerprint density at radius 2 is 2.24 bits per heavy atom. The topological polar surface area (TPSA) is 50.3 Å². The minimum atomic E-state index is -0.285. The number of imide groups is 1. The van der Waals surface area contributed by atoms with Crippen LogP contribution in [0.5, 0.6) is 0 Å². The van der Waals surface area contributed by atoms with E-state index in [2.05, 4.69) is 4.98 Å². The molecule has 0 radical (unpaired) electrons. The lowest BCUT2D eigenvalue weighted by molar-refractivity contribution is -0.125. The third kappa shape index (κ3) is 2.47. The van der Waals surface area contributed by atoms with Crippen molar-refractivity contribution in [3.8, 4) is 0 Å². The number of halogens is 1. The highest BCUT2D eigenvalue weighted by Crippen LogP contribution is 2.20. The van der Waals surface area contributed by atoms with Gasteiger partial charge in [0.05, 0.1) is 0 Å². The van der Waals surface area contributed by atoms with E-state index in [9.17, 15) is 9.59 Å². The Morgan fingerprint density at radius 3 is 2.76 bits per heavy atom. The molecule has 4 nitrogen and oxygen atoms in total. The smallest absolute Gasteiger partial charge is 0.260 e. The van der Waals surface area contributed by atoms with Crippen LogP contribution in [0.25, 0.3) is 0 Å². The molecule has 1 atom stereocenters. The van der Waals surface area contributed by atoms with Crippen LogP contribution in [0.3, 0.4) is 0 Å². The number of amides is 2. The Balaban J connectivity index is 2.28. The Hall–Kier alpha value is -1.42. The molecular formula is C12H13ClN2O2. The van der Waals surface area contributed by atoms with Crippen molar-refractivity contribution in [3.05, 3.63) is 28.5 Å². The fourth-order valence-electron chi connectivity index (χ4n) is 1.99. The first-order valence-corrected chi connectivity index (χ1v) is 5.84.